The molecule has 1 aromatic heterocycles. The van der Waals surface area contributed by atoms with E-state index in [1.807, 2.05) is 6.07 Å². The minimum Gasteiger partial charge on any atom is -0.493 e. The molecule has 0 fully saturated rings. The van der Waals surface area contributed by atoms with Crippen LogP contribution in [0.2, 0.25) is 0 Å². The van der Waals surface area contributed by atoms with E-state index in [0.29, 0.717) is 39.9 Å². The second kappa shape index (κ2) is 6.17. The number of pyridine rings is 1. The van der Waals surface area contributed by atoms with Gasteiger partial charge in [0.1, 0.15) is 0 Å². The molecule has 0 aliphatic heterocycles. The maximum absolute atomic E-state index is 12.4. The zero-order valence-electron chi connectivity index (χ0n) is 11.6. The first kappa shape index (κ1) is 14.7. The van der Waals surface area contributed by atoms with Gasteiger partial charge < -0.3 is 18.8 Å². The Morgan fingerprint density at radius 3 is 2.35 bits per heavy atom. The third-order valence-electron chi connectivity index (χ3n) is 3.11. The average Bonchev–Trinajstić information content (AvgIpc) is 2.48. The summed E-state index contributed by atoms with van der Waals surface area (Å²) < 4.78 is 17.6. The minimum absolute atomic E-state index is 0.0822. The Balaban J connectivity index is 2.84. The van der Waals surface area contributed by atoms with Gasteiger partial charge in [-0.2, -0.15) is 0 Å². The number of aryl methyl sites for hydroxylation is 1. The first-order chi connectivity index (χ1) is 9.67. The van der Waals surface area contributed by atoms with Crippen LogP contribution >= 0.6 is 15.9 Å². The van der Waals surface area contributed by atoms with Crippen molar-refractivity contribution in [3.8, 4) is 17.2 Å². The molecule has 0 unspecified atom stereocenters. The Hall–Kier alpha value is -1.69. The predicted molar refractivity (Wildman–Crippen MR) is 81.7 cm³/mol. The molecular formula is C14H16BrNO4. The van der Waals surface area contributed by atoms with E-state index in [1.165, 1.54) is 14.2 Å². The van der Waals surface area contributed by atoms with Crippen molar-refractivity contribution >= 4 is 26.7 Å². The minimum atomic E-state index is -0.0822. The van der Waals surface area contributed by atoms with Crippen molar-refractivity contribution in [3.63, 3.8) is 0 Å². The zero-order valence-corrected chi connectivity index (χ0v) is 13.2. The number of rotatable bonds is 5. The molecule has 20 heavy (non-hydrogen) atoms. The number of fused-ring (bicyclic) bond motifs is 1. The summed E-state index contributed by atoms with van der Waals surface area (Å²) in [5.74, 6) is 1.47. The summed E-state index contributed by atoms with van der Waals surface area (Å²) in [5.41, 5.74) is -0.0822. The van der Waals surface area contributed by atoms with Gasteiger partial charge in [0.2, 0.25) is 5.75 Å². The van der Waals surface area contributed by atoms with Crippen LogP contribution in [0.4, 0.5) is 0 Å². The van der Waals surface area contributed by atoms with Gasteiger partial charge in [-0.05, 0) is 12.1 Å². The van der Waals surface area contributed by atoms with Crippen LogP contribution in [0.25, 0.3) is 10.8 Å². The van der Waals surface area contributed by atoms with Crippen molar-refractivity contribution in [2.24, 2.45) is 0 Å². The summed E-state index contributed by atoms with van der Waals surface area (Å²) in [6, 6.07) is 3.53. The molecule has 2 aromatic rings. The fraction of sp³-hybridized carbons (Fsp3) is 0.357. The van der Waals surface area contributed by atoms with Gasteiger partial charge in [-0.1, -0.05) is 15.9 Å². The van der Waals surface area contributed by atoms with E-state index in [9.17, 15) is 4.79 Å². The molecule has 0 saturated carbocycles. The molecule has 0 saturated heterocycles. The summed E-state index contributed by atoms with van der Waals surface area (Å²) in [6.07, 6.45) is 1.75. The van der Waals surface area contributed by atoms with E-state index in [1.54, 1.807) is 23.9 Å². The predicted octanol–water partition coefficient (Wildman–Crippen LogP) is 2.42. The quantitative estimate of drug-likeness (QED) is 0.783. The van der Waals surface area contributed by atoms with Crippen molar-refractivity contribution in [3.05, 3.63) is 28.7 Å². The molecule has 0 spiro atoms. The highest BCUT2D eigenvalue weighted by Gasteiger charge is 2.18. The van der Waals surface area contributed by atoms with Gasteiger partial charge in [0.25, 0.3) is 5.56 Å². The van der Waals surface area contributed by atoms with Crippen LogP contribution in [0.1, 0.15) is 0 Å². The Bertz CT molecular complexity index is 681. The lowest BCUT2D eigenvalue weighted by atomic mass is 10.1. The fourth-order valence-corrected chi connectivity index (χ4v) is 2.56. The van der Waals surface area contributed by atoms with Gasteiger partial charge in [-0.25, -0.2) is 0 Å². The molecule has 0 aliphatic carbocycles. The van der Waals surface area contributed by atoms with Crippen molar-refractivity contribution in [1.29, 1.82) is 0 Å². The molecule has 0 amide bonds. The van der Waals surface area contributed by atoms with E-state index in [-0.39, 0.29) is 5.56 Å². The molecule has 0 radical (unpaired) electrons. The Kier molecular flexibility index (Phi) is 4.54. The number of nitrogens with zero attached hydrogens (tertiary/aromatic N) is 1. The van der Waals surface area contributed by atoms with Crippen LogP contribution in [0.3, 0.4) is 0 Å². The fourth-order valence-electron chi connectivity index (χ4n) is 2.17. The number of hydrogen-bond donors (Lipinski definition) is 0. The number of alkyl halides is 1. The number of ether oxygens (including phenoxy) is 3. The van der Waals surface area contributed by atoms with Crippen LogP contribution in [-0.2, 0) is 6.54 Å². The lowest BCUT2D eigenvalue weighted by Gasteiger charge is -2.15. The van der Waals surface area contributed by atoms with E-state index < -0.39 is 0 Å². The Morgan fingerprint density at radius 2 is 1.80 bits per heavy atom. The SMILES string of the molecule is COc1cc2c(=O)n(CCBr)ccc2c(OC)c1OC. The van der Waals surface area contributed by atoms with Crippen LogP contribution in [0, 0.1) is 0 Å². The summed E-state index contributed by atoms with van der Waals surface area (Å²) in [5, 5.41) is 1.96. The number of aromatic nitrogens is 1. The highest BCUT2D eigenvalue weighted by atomic mass is 79.9. The van der Waals surface area contributed by atoms with Gasteiger partial charge >= 0.3 is 0 Å². The normalized spacial score (nSPS) is 10.6. The second-order valence-electron chi connectivity index (χ2n) is 4.11. The smallest absolute Gasteiger partial charge is 0.258 e. The van der Waals surface area contributed by atoms with Crippen molar-refractivity contribution in [2.45, 2.75) is 6.54 Å². The summed E-state index contributed by atoms with van der Waals surface area (Å²) in [7, 11) is 4.61. The van der Waals surface area contributed by atoms with E-state index in [2.05, 4.69) is 15.9 Å². The van der Waals surface area contributed by atoms with Crippen molar-refractivity contribution in [1.82, 2.24) is 4.57 Å². The second-order valence-corrected chi connectivity index (χ2v) is 4.90. The van der Waals surface area contributed by atoms with E-state index >= 15 is 0 Å². The highest BCUT2D eigenvalue weighted by Crippen LogP contribution is 2.42. The number of methoxy groups -OCH3 is 3. The summed E-state index contributed by atoms with van der Waals surface area (Å²) in [6.45, 7) is 0.603. The number of hydrogen-bond acceptors (Lipinski definition) is 4. The van der Waals surface area contributed by atoms with Gasteiger partial charge in [0, 0.05) is 23.5 Å². The molecule has 6 heteroatoms. The maximum atomic E-state index is 12.4. The van der Waals surface area contributed by atoms with Crippen LogP contribution in [-0.4, -0.2) is 31.2 Å². The first-order valence-corrected chi connectivity index (χ1v) is 7.18. The van der Waals surface area contributed by atoms with Crippen LogP contribution < -0.4 is 19.8 Å². The van der Waals surface area contributed by atoms with E-state index in [0.717, 1.165) is 0 Å². The highest BCUT2D eigenvalue weighted by molar-refractivity contribution is 9.09. The van der Waals surface area contributed by atoms with Gasteiger partial charge in [0.15, 0.2) is 11.5 Å². The Labute approximate surface area is 125 Å². The third-order valence-corrected chi connectivity index (χ3v) is 3.46. The lowest BCUT2D eigenvalue weighted by Crippen LogP contribution is -2.20. The van der Waals surface area contributed by atoms with Gasteiger partial charge in [0.05, 0.1) is 26.7 Å². The van der Waals surface area contributed by atoms with E-state index in [4.69, 9.17) is 14.2 Å². The first-order valence-electron chi connectivity index (χ1n) is 6.06. The monoisotopic (exact) mass is 341 g/mol. The molecular weight excluding hydrogens is 326 g/mol. The lowest BCUT2D eigenvalue weighted by molar-refractivity contribution is 0.327. The standard InChI is InChI=1S/C14H16BrNO4/c1-18-11-8-10-9(12(19-2)13(11)20-3)4-6-16(7-5-15)14(10)17/h4,6,8H,5,7H2,1-3H3. The molecule has 2 rings (SSSR count). The number of benzene rings is 1. The molecule has 0 bridgehead atoms. The molecule has 1 heterocycles. The molecule has 0 atom stereocenters. The average molecular weight is 342 g/mol. The summed E-state index contributed by atoms with van der Waals surface area (Å²) >= 11 is 3.33. The van der Waals surface area contributed by atoms with Gasteiger partial charge in [-0.3, -0.25) is 4.79 Å². The van der Waals surface area contributed by atoms with Crippen molar-refractivity contribution in [2.75, 3.05) is 26.7 Å². The molecule has 0 N–H and O–H groups in total. The van der Waals surface area contributed by atoms with Gasteiger partial charge in [-0.15, -0.1) is 0 Å². The number of halogens is 1. The molecule has 1 aromatic carbocycles. The molecule has 108 valence electrons. The third kappa shape index (κ3) is 2.35. The molecule has 0 aliphatic rings. The zero-order chi connectivity index (χ0) is 14.7. The Morgan fingerprint density at radius 1 is 1.10 bits per heavy atom. The largest absolute Gasteiger partial charge is 0.493 e. The maximum Gasteiger partial charge on any atom is 0.258 e. The van der Waals surface area contributed by atoms with Crippen LogP contribution in [0.15, 0.2) is 23.1 Å². The molecule has 5 nitrogen and oxygen atoms in total. The summed E-state index contributed by atoms with van der Waals surface area (Å²) in [4.78, 5) is 12.4. The topological polar surface area (TPSA) is 49.7 Å². The van der Waals surface area contributed by atoms with Crippen LogP contribution in [0.5, 0.6) is 17.2 Å². The van der Waals surface area contributed by atoms with Crippen molar-refractivity contribution < 1.29 is 14.2 Å².